The molecule has 1 fully saturated rings. The molecule has 9 nitrogen and oxygen atoms in total. The van der Waals surface area contributed by atoms with Gasteiger partial charge in [0.1, 0.15) is 5.82 Å². The summed E-state index contributed by atoms with van der Waals surface area (Å²) in [6.07, 6.45) is 4.93. The van der Waals surface area contributed by atoms with Gasteiger partial charge >= 0.3 is 12.1 Å². The number of likely N-dealkylation sites (tertiary alicyclic amines) is 1. The van der Waals surface area contributed by atoms with Crippen molar-refractivity contribution in [1.82, 2.24) is 30.3 Å². The highest BCUT2D eigenvalue weighted by Crippen LogP contribution is 2.17. The number of piperidine rings is 1. The van der Waals surface area contributed by atoms with E-state index in [0.29, 0.717) is 19.6 Å². The Hall–Kier alpha value is -3.10. The molecule has 29 heavy (non-hydrogen) atoms. The number of carbonyl (C=O) groups excluding carboxylic acids is 2. The molecule has 3 N–H and O–H groups in total. The minimum absolute atomic E-state index is 0.0191. The Morgan fingerprint density at radius 3 is 2.76 bits per heavy atom. The zero-order valence-corrected chi connectivity index (χ0v) is 16.4. The summed E-state index contributed by atoms with van der Waals surface area (Å²) in [5.74, 6) is 1.80. The van der Waals surface area contributed by atoms with Crippen LogP contribution in [0.5, 0.6) is 0 Å². The number of amides is 4. The number of hydrogen-bond acceptors (Lipinski definition) is 4. The fourth-order valence-corrected chi connectivity index (χ4v) is 3.99. The van der Waals surface area contributed by atoms with E-state index in [2.05, 4.69) is 30.7 Å². The number of para-hydroxylation sites is 1. The number of urea groups is 2. The third kappa shape index (κ3) is 4.67. The predicted molar refractivity (Wildman–Crippen MR) is 108 cm³/mol. The van der Waals surface area contributed by atoms with Gasteiger partial charge in [0, 0.05) is 31.7 Å². The van der Waals surface area contributed by atoms with Crippen LogP contribution in [0.3, 0.4) is 0 Å². The Bertz CT molecular complexity index is 852. The molecule has 2 aromatic rings. The molecule has 4 rings (SSSR count). The van der Waals surface area contributed by atoms with Gasteiger partial charge in [0.15, 0.2) is 5.82 Å². The molecular formula is C20H27N7O2. The standard InChI is InChI=1S/C20H27N7O2/c28-19(23-15-7-2-1-3-8-15)21-13-16-9-4-5-11-26(16)20(29)22-14-18-25-24-17-10-6-12-27(17)18/h1-3,7-8,16H,4-6,9-14H2,(H,22,29)(H2,21,23,28)/t16-/m0/s1. The van der Waals surface area contributed by atoms with Crippen molar-refractivity contribution in [1.29, 1.82) is 0 Å². The highest BCUT2D eigenvalue weighted by atomic mass is 16.2. The maximum absolute atomic E-state index is 12.8. The van der Waals surface area contributed by atoms with Crippen molar-refractivity contribution >= 4 is 17.7 Å². The number of nitrogens with zero attached hydrogens (tertiary/aromatic N) is 4. The molecule has 0 radical (unpaired) electrons. The number of anilines is 1. The first kappa shape index (κ1) is 19.2. The number of aryl methyl sites for hydroxylation is 1. The molecule has 0 saturated carbocycles. The lowest BCUT2D eigenvalue weighted by molar-refractivity contribution is 0.149. The third-order valence-corrected chi connectivity index (χ3v) is 5.50. The molecule has 1 aromatic carbocycles. The molecule has 1 saturated heterocycles. The van der Waals surface area contributed by atoms with Crippen LogP contribution in [0.1, 0.15) is 37.3 Å². The Morgan fingerprint density at radius 2 is 1.90 bits per heavy atom. The van der Waals surface area contributed by atoms with Crippen LogP contribution < -0.4 is 16.0 Å². The molecule has 1 atom stereocenters. The molecule has 1 aromatic heterocycles. The molecule has 0 bridgehead atoms. The number of aromatic nitrogens is 3. The molecular weight excluding hydrogens is 370 g/mol. The van der Waals surface area contributed by atoms with Crippen molar-refractivity contribution in [2.24, 2.45) is 0 Å². The van der Waals surface area contributed by atoms with Crippen molar-refractivity contribution in [3.8, 4) is 0 Å². The first-order chi connectivity index (χ1) is 14.2. The van der Waals surface area contributed by atoms with E-state index in [1.165, 1.54) is 0 Å². The Labute approximate surface area is 169 Å². The van der Waals surface area contributed by atoms with Gasteiger partial charge in [0.05, 0.1) is 12.6 Å². The smallest absolute Gasteiger partial charge is 0.319 e. The van der Waals surface area contributed by atoms with Gasteiger partial charge in [0.25, 0.3) is 0 Å². The van der Waals surface area contributed by atoms with Crippen molar-refractivity contribution in [2.75, 3.05) is 18.4 Å². The Morgan fingerprint density at radius 1 is 1.03 bits per heavy atom. The lowest BCUT2D eigenvalue weighted by Gasteiger charge is -2.35. The molecule has 9 heteroatoms. The largest absolute Gasteiger partial charge is 0.336 e. The van der Waals surface area contributed by atoms with E-state index in [1.54, 1.807) is 0 Å². The first-order valence-electron chi connectivity index (χ1n) is 10.3. The van der Waals surface area contributed by atoms with Gasteiger partial charge in [-0.15, -0.1) is 10.2 Å². The fourth-order valence-electron chi connectivity index (χ4n) is 3.99. The number of hydrogen-bond donors (Lipinski definition) is 3. The van der Waals surface area contributed by atoms with Crippen LogP contribution >= 0.6 is 0 Å². The van der Waals surface area contributed by atoms with Gasteiger partial charge in [-0.2, -0.15) is 0 Å². The number of fused-ring (bicyclic) bond motifs is 1. The highest BCUT2D eigenvalue weighted by Gasteiger charge is 2.27. The SMILES string of the molecule is O=C(NC[C@@H]1CCCCN1C(=O)NCc1nnc2n1CCC2)Nc1ccccc1. The number of benzene rings is 1. The van der Waals surface area contributed by atoms with E-state index in [9.17, 15) is 9.59 Å². The maximum Gasteiger partial charge on any atom is 0.319 e. The van der Waals surface area contributed by atoms with E-state index in [1.807, 2.05) is 35.2 Å². The van der Waals surface area contributed by atoms with E-state index in [-0.39, 0.29) is 18.1 Å². The van der Waals surface area contributed by atoms with Crippen LogP contribution in [-0.4, -0.2) is 50.9 Å². The average Bonchev–Trinajstić information content (AvgIpc) is 3.36. The third-order valence-electron chi connectivity index (χ3n) is 5.50. The molecule has 154 valence electrons. The van der Waals surface area contributed by atoms with E-state index < -0.39 is 0 Å². The predicted octanol–water partition coefficient (Wildman–Crippen LogP) is 2.11. The van der Waals surface area contributed by atoms with Gasteiger partial charge in [-0.05, 0) is 37.8 Å². The second-order valence-electron chi connectivity index (χ2n) is 7.49. The van der Waals surface area contributed by atoms with Gasteiger partial charge in [-0.3, -0.25) is 0 Å². The molecule has 3 heterocycles. The summed E-state index contributed by atoms with van der Waals surface area (Å²) in [5, 5.41) is 17.0. The Kier molecular flexibility index (Phi) is 5.92. The van der Waals surface area contributed by atoms with E-state index >= 15 is 0 Å². The van der Waals surface area contributed by atoms with Crippen LogP contribution in [0, 0.1) is 0 Å². The van der Waals surface area contributed by atoms with E-state index in [4.69, 9.17) is 0 Å². The summed E-state index contributed by atoms with van der Waals surface area (Å²) in [6, 6.07) is 8.91. The second-order valence-corrected chi connectivity index (χ2v) is 7.49. The number of nitrogens with one attached hydrogen (secondary N) is 3. The monoisotopic (exact) mass is 397 g/mol. The molecule has 2 aliphatic heterocycles. The minimum Gasteiger partial charge on any atom is -0.336 e. The summed E-state index contributed by atoms with van der Waals surface area (Å²) in [5.41, 5.74) is 0.740. The topological polar surface area (TPSA) is 104 Å². The summed E-state index contributed by atoms with van der Waals surface area (Å²) in [4.78, 5) is 26.8. The van der Waals surface area contributed by atoms with Gasteiger partial charge in [-0.25, -0.2) is 9.59 Å². The Balaban J connectivity index is 1.28. The van der Waals surface area contributed by atoms with Gasteiger partial charge in [-0.1, -0.05) is 18.2 Å². The normalized spacial score (nSPS) is 18.2. The first-order valence-corrected chi connectivity index (χ1v) is 10.3. The number of carbonyl (C=O) groups is 2. The summed E-state index contributed by atoms with van der Waals surface area (Å²) in [6.45, 7) is 2.40. The van der Waals surface area contributed by atoms with Crippen LogP contribution in [0.2, 0.25) is 0 Å². The zero-order valence-electron chi connectivity index (χ0n) is 16.4. The lowest BCUT2D eigenvalue weighted by Crippen LogP contribution is -2.53. The van der Waals surface area contributed by atoms with Gasteiger partial charge < -0.3 is 25.4 Å². The van der Waals surface area contributed by atoms with Crippen molar-refractivity contribution in [3.05, 3.63) is 42.0 Å². The van der Waals surface area contributed by atoms with E-state index in [0.717, 1.165) is 56.0 Å². The minimum atomic E-state index is -0.263. The molecule has 0 aliphatic carbocycles. The lowest BCUT2D eigenvalue weighted by atomic mass is 10.0. The zero-order chi connectivity index (χ0) is 20.1. The van der Waals surface area contributed by atoms with Crippen LogP contribution in [0.4, 0.5) is 15.3 Å². The molecule has 0 unspecified atom stereocenters. The average molecular weight is 397 g/mol. The van der Waals surface area contributed by atoms with Crippen molar-refractivity contribution in [3.63, 3.8) is 0 Å². The molecule has 4 amide bonds. The maximum atomic E-state index is 12.8. The fraction of sp³-hybridized carbons (Fsp3) is 0.500. The van der Waals surface area contributed by atoms with Crippen molar-refractivity contribution in [2.45, 2.75) is 51.2 Å². The molecule has 2 aliphatic rings. The van der Waals surface area contributed by atoms with Crippen LogP contribution in [-0.2, 0) is 19.5 Å². The highest BCUT2D eigenvalue weighted by molar-refractivity contribution is 5.89. The summed E-state index contributed by atoms with van der Waals surface area (Å²) >= 11 is 0. The van der Waals surface area contributed by atoms with Crippen molar-refractivity contribution < 1.29 is 9.59 Å². The summed E-state index contributed by atoms with van der Waals surface area (Å²) < 4.78 is 2.09. The second kappa shape index (κ2) is 8.93. The van der Waals surface area contributed by atoms with Gasteiger partial charge in [0.2, 0.25) is 0 Å². The van der Waals surface area contributed by atoms with Crippen LogP contribution in [0.25, 0.3) is 0 Å². The quantitative estimate of drug-likeness (QED) is 0.719. The van der Waals surface area contributed by atoms with Crippen LogP contribution in [0.15, 0.2) is 30.3 Å². The number of rotatable bonds is 5. The summed E-state index contributed by atoms with van der Waals surface area (Å²) in [7, 11) is 0. The molecule has 0 spiro atoms.